The maximum absolute atomic E-state index is 8.41. The van der Waals surface area contributed by atoms with Crippen molar-refractivity contribution >= 4 is 17.3 Å². The molecule has 0 fully saturated rings. The molecule has 0 unspecified atom stereocenters. The molecular weight excluding hydrogens is 154 g/mol. The van der Waals surface area contributed by atoms with Gasteiger partial charge in [-0.25, -0.2) is 4.99 Å². The van der Waals surface area contributed by atoms with Gasteiger partial charge in [-0.15, -0.1) is 0 Å². The Morgan fingerprint density at radius 3 is 2.75 bits per heavy atom. The zero-order valence-corrected chi connectivity index (χ0v) is 6.31. The van der Waals surface area contributed by atoms with Crippen molar-refractivity contribution in [2.45, 2.75) is 0 Å². The van der Waals surface area contributed by atoms with Crippen molar-refractivity contribution in [1.29, 1.82) is 5.39 Å². The molecule has 0 spiro atoms. The highest BCUT2D eigenvalue weighted by molar-refractivity contribution is 5.79. The summed E-state index contributed by atoms with van der Waals surface area (Å²) in [5, 5.41) is 8.41. The molecule has 60 valence electrons. The molecule has 5 heteroatoms. The fourth-order valence-electron chi connectivity index (χ4n) is 0.774. The molecule has 0 atom stereocenters. The molecule has 1 rings (SSSR count). The van der Waals surface area contributed by atoms with Gasteiger partial charge in [0.2, 0.25) is 5.39 Å². The second-order valence-corrected chi connectivity index (χ2v) is 2.16. The molecule has 5 nitrogen and oxygen atoms in total. The summed E-state index contributed by atoms with van der Waals surface area (Å²) in [6.07, 6.45) is 0. The third-order valence-electron chi connectivity index (χ3n) is 1.20. The van der Waals surface area contributed by atoms with Crippen LogP contribution in [-0.4, -0.2) is 5.96 Å². The van der Waals surface area contributed by atoms with Gasteiger partial charge in [-0.1, -0.05) is 6.07 Å². The number of hydrogen-bond acceptors (Lipinski definition) is 2. The predicted octanol–water partition coefficient (Wildman–Crippen LogP) is 1.08. The zero-order valence-electron chi connectivity index (χ0n) is 6.31. The van der Waals surface area contributed by atoms with Crippen LogP contribution in [0, 0.1) is 5.39 Å². The molecular formula is C7H8N5+. The van der Waals surface area contributed by atoms with Gasteiger partial charge in [-0.05, 0) is 6.07 Å². The van der Waals surface area contributed by atoms with Gasteiger partial charge in [-0.2, -0.15) is 0 Å². The Kier molecular flexibility index (Phi) is 2.23. The molecule has 0 aliphatic rings. The zero-order chi connectivity index (χ0) is 8.97. The lowest BCUT2D eigenvalue weighted by atomic mass is 10.3. The van der Waals surface area contributed by atoms with E-state index in [1.807, 2.05) is 0 Å². The van der Waals surface area contributed by atoms with E-state index in [0.717, 1.165) is 0 Å². The minimum atomic E-state index is -0.0231. The van der Waals surface area contributed by atoms with Crippen LogP contribution in [0.1, 0.15) is 0 Å². The summed E-state index contributed by atoms with van der Waals surface area (Å²) in [6, 6.07) is 6.58. The highest BCUT2D eigenvalue weighted by Crippen LogP contribution is 2.19. The Balaban J connectivity index is 3.04. The first kappa shape index (κ1) is 8.01. The van der Waals surface area contributed by atoms with Crippen LogP contribution >= 0.6 is 0 Å². The summed E-state index contributed by atoms with van der Waals surface area (Å²) in [4.78, 5) is 6.76. The summed E-state index contributed by atoms with van der Waals surface area (Å²) >= 11 is 0. The third kappa shape index (κ3) is 1.95. The maximum atomic E-state index is 8.41. The standard InChI is InChI=1S/C7H8N5/c8-7(9)11-5-2-1-3-6(4-5)12-10/h1-4H,(H4,8,9,11)/q+1. The SMILES string of the molecule is N#[N+]c1cccc(N=C(N)N)c1. The van der Waals surface area contributed by atoms with Crippen molar-refractivity contribution < 1.29 is 0 Å². The predicted molar refractivity (Wildman–Crippen MR) is 46.7 cm³/mol. The summed E-state index contributed by atoms with van der Waals surface area (Å²) in [5.41, 5.74) is 11.3. The number of nitrogens with zero attached hydrogens (tertiary/aromatic N) is 3. The van der Waals surface area contributed by atoms with E-state index in [4.69, 9.17) is 16.9 Å². The molecule has 0 saturated carbocycles. The number of guanidine groups is 1. The molecule has 0 saturated heterocycles. The Labute approximate surface area is 69.3 Å². The number of benzene rings is 1. The van der Waals surface area contributed by atoms with Crippen molar-refractivity contribution in [2.24, 2.45) is 16.5 Å². The van der Waals surface area contributed by atoms with Crippen LogP contribution in [0.25, 0.3) is 4.98 Å². The lowest BCUT2D eigenvalue weighted by Gasteiger charge is -1.90. The van der Waals surface area contributed by atoms with Crippen LogP contribution in [0.3, 0.4) is 0 Å². The van der Waals surface area contributed by atoms with Gasteiger partial charge in [0.15, 0.2) is 10.9 Å². The van der Waals surface area contributed by atoms with Crippen LogP contribution in [0.5, 0.6) is 0 Å². The van der Waals surface area contributed by atoms with Crippen molar-refractivity contribution in [1.82, 2.24) is 0 Å². The first-order valence-corrected chi connectivity index (χ1v) is 3.27. The Hall–Kier alpha value is -2.09. The van der Waals surface area contributed by atoms with Crippen LogP contribution in [-0.2, 0) is 0 Å². The van der Waals surface area contributed by atoms with Crippen molar-refractivity contribution in [3.05, 3.63) is 29.2 Å². The molecule has 1 aromatic rings. The van der Waals surface area contributed by atoms with Gasteiger partial charge in [0.25, 0.3) is 0 Å². The molecule has 0 aliphatic carbocycles. The highest BCUT2D eigenvalue weighted by Gasteiger charge is 2.03. The normalized spacial score (nSPS) is 8.58. The molecule has 12 heavy (non-hydrogen) atoms. The van der Waals surface area contributed by atoms with Crippen molar-refractivity contribution in [2.75, 3.05) is 0 Å². The fraction of sp³-hybridized carbons (Fsp3) is 0. The van der Waals surface area contributed by atoms with Crippen molar-refractivity contribution in [3.8, 4) is 0 Å². The van der Waals surface area contributed by atoms with E-state index in [1.54, 1.807) is 24.3 Å². The number of nitrogens with two attached hydrogens (primary N) is 2. The topological polar surface area (TPSA) is 92.5 Å². The number of diazo groups is 1. The van der Waals surface area contributed by atoms with E-state index >= 15 is 0 Å². The minimum Gasteiger partial charge on any atom is -0.370 e. The second-order valence-electron chi connectivity index (χ2n) is 2.16. The van der Waals surface area contributed by atoms with Gasteiger partial charge < -0.3 is 11.5 Å². The number of aliphatic imine (C=N–C) groups is 1. The van der Waals surface area contributed by atoms with Gasteiger partial charge in [-0.3, -0.25) is 0 Å². The molecule has 0 radical (unpaired) electrons. The van der Waals surface area contributed by atoms with Crippen LogP contribution in [0.2, 0.25) is 0 Å². The average Bonchev–Trinajstić information content (AvgIpc) is 2.03. The van der Waals surface area contributed by atoms with E-state index in [2.05, 4.69) is 9.97 Å². The Morgan fingerprint density at radius 2 is 2.17 bits per heavy atom. The second kappa shape index (κ2) is 3.34. The average molecular weight is 162 g/mol. The van der Waals surface area contributed by atoms with Crippen LogP contribution in [0.4, 0.5) is 11.4 Å². The summed E-state index contributed by atoms with van der Waals surface area (Å²) in [7, 11) is 0. The van der Waals surface area contributed by atoms with Crippen LogP contribution in [0.15, 0.2) is 29.3 Å². The first-order valence-electron chi connectivity index (χ1n) is 3.27. The molecule has 0 amide bonds. The summed E-state index contributed by atoms with van der Waals surface area (Å²) in [5.74, 6) is -0.0231. The lowest BCUT2D eigenvalue weighted by Crippen LogP contribution is -2.21. The molecule has 0 heterocycles. The highest BCUT2D eigenvalue weighted by atomic mass is 15.0. The molecule has 0 bridgehead atoms. The van der Waals surface area contributed by atoms with E-state index in [9.17, 15) is 0 Å². The third-order valence-corrected chi connectivity index (χ3v) is 1.20. The van der Waals surface area contributed by atoms with Gasteiger partial charge in [0.1, 0.15) is 0 Å². The fourth-order valence-corrected chi connectivity index (χ4v) is 0.774. The number of rotatable bonds is 1. The maximum Gasteiger partial charge on any atom is 0.387 e. The van der Waals surface area contributed by atoms with Crippen LogP contribution < -0.4 is 11.5 Å². The lowest BCUT2D eigenvalue weighted by molar-refractivity contribution is 1.41. The largest absolute Gasteiger partial charge is 0.387 e. The first-order chi connectivity index (χ1) is 5.72. The Bertz CT molecular complexity index is 345. The number of hydrogen-bond donors (Lipinski definition) is 2. The Morgan fingerprint density at radius 1 is 1.42 bits per heavy atom. The van der Waals surface area contributed by atoms with Gasteiger partial charge >= 0.3 is 5.69 Å². The van der Waals surface area contributed by atoms with E-state index in [1.165, 1.54) is 0 Å². The van der Waals surface area contributed by atoms with Gasteiger partial charge in [0, 0.05) is 6.07 Å². The minimum absolute atomic E-state index is 0.0231. The van der Waals surface area contributed by atoms with Crippen molar-refractivity contribution in [3.63, 3.8) is 0 Å². The van der Waals surface area contributed by atoms with E-state index in [0.29, 0.717) is 11.4 Å². The summed E-state index contributed by atoms with van der Waals surface area (Å²) in [6.45, 7) is 0. The molecule has 0 aliphatic heterocycles. The molecule has 4 N–H and O–H groups in total. The van der Waals surface area contributed by atoms with E-state index < -0.39 is 0 Å². The monoisotopic (exact) mass is 162 g/mol. The van der Waals surface area contributed by atoms with E-state index in [-0.39, 0.29) is 5.96 Å². The molecule has 1 aromatic carbocycles. The summed E-state index contributed by atoms with van der Waals surface area (Å²) < 4.78 is 0. The quantitative estimate of drug-likeness (QED) is 0.367. The van der Waals surface area contributed by atoms with Gasteiger partial charge in [0.05, 0.1) is 11.8 Å². The smallest absolute Gasteiger partial charge is 0.370 e. The molecule has 0 aromatic heterocycles.